The van der Waals surface area contributed by atoms with Gasteiger partial charge in [0, 0.05) is 0 Å². The first-order chi connectivity index (χ1) is 17.5. The molecule has 192 valence electrons. The maximum atomic E-state index is 7.52. The summed E-state index contributed by atoms with van der Waals surface area (Å²) in [5.41, 5.74) is 9.58. The summed E-state index contributed by atoms with van der Waals surface area (Å²) in [7, 11) is 0. The zero-order chi connectivity index (χ0) is 27.2. The Balaban J connectivity index is 2.14. The van der Waals surface area contributed by atoms with Gasteiger partial charge in [0.25, 0.3) is 0 Å². The molecule has 0 saturated heterocycles. The summed E-state index contributed by atoms with van der Waals surface area (Å²) in [5.74, 6) is 1.56. The third-order valence-corrected chi connectivity index (χ3v) is 21.1. The normalized spacial score (nSPS) is 23.7. The van der Waals surface area contributed by atoms with Crippen LogP contribution >= 0.6 is 24.4 Å². The van der Waals surface area contributed by atoms with Crippen molar-refractivity contribution in [3.8, 4) is 11.5 Å². The second kappa shape index (κ2) is 10.3. The Morgan fingerprint density at radius 1 is 0.622 bits per heavy atom. The number of allylic oxidation sites excluding steroid dienone is 8. The minimum absolute atomic E-state index is 0.413. The van der Waals surface area contributed by atoms with Gasteiger partial charge in [-0.25, -0.2) is 0 Å². The molecule has 2 unspecified atom stereocenters. The van der Waals surface area contributed by atoms with Gasteiger partial charge in [-0.3, -0.25) is 0 Å². The Morgan fingerprint density at radius 2 is 0.973 bits per heavy atom. The van der Waals surface area contributed by atoms with Gasteiger partial charge < -0.3 is 0 Å². The number of hydrogen-bond acceptors (Lipinski definition) is 4. The van der Waals surface area contributed by atoms with Crippen molar-refractivity contribution in [1.82, 2.24) is 0 Å². The van der Waals surface area contributed by atoms with E-state index in [1.807, 2.05) is 48.5 Å². The zero-order valence-electron chi connectivity index (χ0n) is 23.1. The van der Waals surface area contributed by atoms with E-state index in [0.29, 0.717) is 0 Å². The van der Waals surface area contributed by atoms with Gasteiger partial charge in [-0.15, -0.1) is 0 Å². The fraction of sp³-hybridized carbons (Fsp3) is 0.312. The Labute approximate surface area is 238 Å². The van der Waals surface area contributed by atoms with E-state index >= 15 is 0 Å². The van der Waals surface area contributed by atoms with E-state index in [9.17, 15) is 0 Å². The van der Waals surface area contributed by atoms with E-state index in [4.69, 9.17) is 30.1 Å². The van der Waals surface area contributed by atoms with E-state index in [1.54, 1.807) is 10.7 Å². The summed E-state index contributed by atoms with van der Waals surface area (Å²) < 4.78 is 14.2. The Kier molecular flexibility index (Phi) is 7.83. The molecule has 0 heterocycles. The molecule has 2 aliphatic carbocycles. The fourth-order valence-electron chi connectivity index (χ4n) is 5.99. The Bertz CT molecular complexity index is 1310. The van der Waals surface area contributed by atoms with Crippen molar-refractivity contribution in [2.24, 2.45) is 0 Å². The molecule has 37 heavy (non-hydrogen) atoms. The van der Waals surface area contributed by atoms with E-state index in [-0.39, 0.29) is 0 Å². The Hall–Kier alpha value is -1.94. The molecule has 0 spiro atoms. The molecule has 0 fully saturated rings. The van der Waals surface area contributed by atoms with Gasteiger partial charge in [0.05, 0.1) is 0 Å². The summed E-state index contributed by atoms with van der Waals surface area (Å²) in [6.45, 7) is 18.0. The first-order valence-corrected chi connectivity index (χ1v) is 18.1. The number of para-hydroxylation sites is 2. The summed E-state index contributed by atoms with van der Waals surface area (Å²) >= 11 is 6.26. The molecular formula is C32H36O2S2Zr. The quantitative estimate of drug-likeness (QED) is 0.278. The summed E-state index contributed by atoms with van der Waals surface area (Å²) in [6.07, 6.45) is 4.81. The van der Waals surface area contributed by atoms with Crippen molar-refractivity contribution < 1.29 is 26.8 Å². The first kappa shape index (κ1) is 28.1. The van der Waals surface area contributed by atoms with Crippen LogP contribution in [0.5, 0.6) is 11.5 Å². The molecule has 0 bridgehead atoms. The fourth-order valence-corrected chi connectivity index (χ4v) is 19.0. The second-order valence-corrected chi connectivity index (χ2v) is 20.3. The second-order valence-electron chi connectivity index (χ2n) is 10.7. The zero-order valence-corrected chi connectivity index (χ0v) is 27.2. The van der Waals surface area contributed by atoms with Crippen molar-refractivity contribution in [3.05, 3.63) is 105 Å². The van der Waals surface area contributed by atoms with Gasteiger partial charge >= 0.3 is 240 Å². The van der Waals surface area contributed by atoms with Gasteiger partial charge in [-0.05, 0) is 0 Å². The number of hydrogen-bond donors (Lipinski definition) is 0. The average molecular weight is 608 g/mol. The van der Waals surface area contributed by atoms with Crippen LogP contribution in [0.4, 0.5) is 0 Å². The van der Waals surface area contributed by atoms with E-state index < -0.39 is 27.4 Å². The van der Waals surface area contributed by atoms with Crippen LogP contribution in [0, 0.1) is 0 Å². The van der Waals surface area contributed by atoms with Gasteiger partial charge in [-0.2, -0.15) is 0 Å². The molecule has 0 radical (unpaired) electrons. The van der Waals surface area contributed by atoms with Crippen molar-refractivity contribution in [3.63, 3.8) is 0 Å². The molecule has 2 aromatic carbocycles. The minimum atomic E-state index is -4.59. The van der Waals surface area contributed by atoms with Gasteiger partial charge in [-0.1, -0.05) is 0 Å². The summed E-state index contributed by atoms with van der Waals surface area (Å²) in [5, 5.41) is 3.41. The van der Waals surface area contributed by atoms with Gasteiger partial charge in [0.1, 0.15) is 0 Å². The SMILES string of the molecule is CC1=C[C](C)([Zr]([O]c2ccccc2C=S)([O]c2ccccc2C=S)[C]2(C)C=C(C)C(C)=C2C)C(C)=C1C. The van der Waals surface area contributed by atoms with Crippen LogP contribution in [0.2, 0.25) is 6.25 Å². The average Bonchev–Trinajstić information content (AvgIpc) is 3.22. The molecule has 5 heteroatoms. The monoisotopic (exact) mass is 606 g/mol. The van der Waals surface area contributed by atoms with Crippen LogP contribution in [-0.2, 0) is 21.1 Å². The predicted octanol–water partition coefficient (Wildman–Crippen LogP) is 9.77. The Morgan fingerprint density at radius 3 is 1.27 bits per heavy atom. The predicted molar refractivity (Wildman–Crippen MR) is 161 cm³/mol. The van der Waals surface area contributed by atoms with E-state index in [2.05, 4.69) is 67.5 Å². The topological polar surface area (TPSA) is 18.5 Å². The number of benzene rings is 2. The molecule has 2 aromatic rings. The van der Waals surface area contributed by atoms with Crippen LogP contribution in [0.15, 0.2) is 94.1 Å². The van der Waals surface area contributed by atoms with E-state index in [0.717, 1.165) is 22.6 Å². The summed E-state index contributed by atoms with van der Waals surface area (Å²) in [6, 6.07) is 16.1. The van der Waals surface area contributed by atoms with E-state index in [1.165, 1.54) is 33.4 Å². The van der Waals surface area contributed by atoms with Crippen LogP contribution in [0.3, 0.4) is 0 Å². The maximum absolute atomic E-state index is 7.52. The van der Waals surface area contributed by atoms with Crippen molar-refractivity contribution >= 4 is 35.2 Å². The van der Waals surface area contributed by atoms with Crippen LogP contribution < -0.4 is 5.63 Å². The molecule has 0 aliphatic heterocycles. The third kappa shape index (κ3) is 4.32. The molecule has 4 rings (SSSR count). The van der Waals surface area contributed by atoms with Crippen molar-refractivity contribution in [2.75, 3.05) is 0 Å². The van der Waals surface area contributed by atoms with Crippen molar-refractivity contribution in [2.45, 2.75) is 61.6 Å². The molecule has 0 N–H and O–H groups in total. The number of rotatable bonds is 8. The van der Waals surface area contributed by atoms with Crippen LogP contribution in [0.1, 0.15) is 66.5 Å². The number of thiocarbonyl (C=S) groups is 2. The molecule has 2 atom stereocenters. The summed E-state index contributed by atoms with van der Waals surface area (Å²) in [4.78, 5) is 0. The van der Waals surface area contributed by atoms with Gasteiger partial charge in [0.2, 0.25) is 0 Å². The first-order valence-electron chi connectivity index (χ1n) is 12.7. The molecule has 0 amide bonds. The molecule has 2 nitrogen and oxygen atoms in total. The molecule has 0 saturated carbocycles. The molecular weight excluding hydrogens is 572 g/mol. The van der Waals surface area contributed by atoms with Crippen LogP contribution in [-0.4, -0.2) is 10.7 Å². The third-order valence-electron chi connectivity index (χ3n) is 8.84. The van der Waals surface area contributed by atoms with Crippen LogP contribution in [0.25, 0.3) is 0 Å². The standard InChI is InChI=1S/2C9H13.2C7H6OS.Zr/c2*1-6-5-7(2)9(4)8(6)3;2*8-7-4-2-1-3-6(7)5-9;/h2*5H,1-4H3;2*1-5,8H;/q;;;;+2/p-2. The van der Waals surface area contributed by atoms with Gasteiger partial charge in [0.15, 0.2) is 0 Å². The van der Waals surface area contributed by atoms with Crippen molar-refractivity contribution in [1.29, 1.82) is 0 Å². The molecule has 2 aliphatic rings. The molecule has 0 aromatic heterocycles.